The molecule has 3 aromatic rings. The first kappa shape index (κ1) is 19.9. The van der Waals surface area contributed by atoms with Gasteiger partial charge in [0.25, 0.3) is 0 Å². The molecule has 3 rings (SSSR count). The lowest BCUT2D eigenvalue weighted by Gasteiger charge is -2.09. The van der Waals surface area contributed by atoms with E-state index in [0.717, 1.165) is 34.5 Å². The van der Waals surface area contributed by atoms with Crippen LogP contribution in [0.4, 0.5) is 0 Å². The van der Waals surface area contributed by atoms with Crippen molar-refractivity contribution in [2.24, 2.45) is 4.99 Å². The van der Waals surface area contributed by atoms with E-state index in [4.69, 9.17) is 4.42 Å². The van der Waals surface area contributed by atoms with Gasteiger partial charge in [0.1, 0.15) is 6.26 Å². The summed E-state index contributed by atoms with van der Waals surface area (Å²) in [4.78, 5) is 15.3. The molecule has 0 aliphatic rings. The summed E-state index contributed by atoms with van der Waals surface area (Å²) in [5.41, 5.74) is 0.844. The summed E-state index contributed by atoms with van der Waals surface area (Å²) in [7, 11) is 1.75. The molecule has 0 fully saturated rings. The van der Waals surface area contributed by atoms with E-state index in [1.165, 1.54) is 4.88 Å². The fourth-order valence-electron chi connectivity index (χ4n) is 2.10. The zero-order valence-corrected chi connectivity index (χ0v) is 17.9. The van der Waals surface area contributed by atoms with Crippen LogP contribution in [0.3, 0.4) is 0 Å². The Bertz CT molecular complexity index is 797. The molecule has 0 spiro atoms. The van der Waals surface area contributed by atoms with Gasteiger partial charge in [0.05, 0.1) is 22.1 Å². The summed E-state index contributed by atoms with van der Waals surface area (Å²) in [6.45, 7) is 3.41. The van der Waals surface area contributed by atoms with Gasteiger partial charge >= 0.3 is 0 Å². The summed E-state index contributed by atoms with van der Waals surface area (Å²) >= 11 is 3.34. The van der Waals surface area contributed by atoms with Gasteiger partial charge < -0.3 is 15.1 Å². The zero-order chi connectivity index (χ0) is 16.8. The number of nitrogens with one attached hydrogen (secondary N) is 2. The van der Waals surface area contributed by atoms with Crippen molar-refractivity contribution in [3.05, 3.63) is 45.6 Å². The van der Waals surface area contributed by atoms with E-state index in [-0.39, 0.29) is 24.0 Å². The van der Waals surface area contributed by atoms with Gasteiger partial charge in [-0.1, -0.05) is 6.07 Å². The first-order valence-corrected chi connectivity index (χ1v) is 9.28. The average molecular weight is 489 g/mol. The smallest absolute Gasteiger partial charge is 0.236 e. The molecule has 0 saturated carbocycles. The molecule has 3 heterocycles. The lowest BCUT2D eigenvalue weighted by molar-refractivity contribution is 0.573. The molecule has 0 aliphatic carbocycles. The van der Waals surface area contributed by atoms with Crippen molar-refractivity contribution in [2.75, 3.05) is 13.6 Å². The maximum Gasteiger partial charge on any atom is 0.236 e. The van der Waals surface area contributed by atoms with E-state index in [1.54, 1.807) is 36.0 Å². The van der Waals surface area contributed by atoms with Gasteiger partial charge in [0, 0.05) is 31.1 Å². The van der Waals surface area contributed by atoms with Crippen molar-refractivity contribution < 1.29 is 4.42 Å². The Labute approximate surface area is 171 Å². The molecule has 0 aromatic carbocycles. The van der Waals surface area contributed by atoms with Crippen LogP contribution in [0, 0.1) is 6.92 Å². The number of hydrogen-bond acceptors (Lipinski definition) is 6. The van der Waals surface area contributed by atoms with Crippen LogP contribution in [0.1, 0.15) is 15.6 Å². The summed E-state index contributed by atoms with van der Waals surface area (Å²) in [5.74, 6) is 1.40. The normalized spacial score (nSPS) is 11.2. The number of aryl methyl sites for hydroxylation is 1. The number of rotatable bonds is 6. The molecule has 6 nitrogen and oxygen atoms in total. The number of oxazole rings is 1. The first-order chi connectivity index (χ1) is 11.7. The van der Waals surface area contributed by atoms with Gasteiger partial charge in [-0.25, -0.2) is 9.97 Å². The number of hydrogen-bond donors (Lipinski definition) is 2. The molecular weight excluding hydrogens is 469 g/mol. The van der Waals surface area contributed by atoms with Crippen molar-refractivity contribution in [3.63, 3.8) is 0 Å². The van der Waals surface area contributed by atoms with Crippen LogP contribution in [0.25, 0.3) is 10.8 Å². The van der Waals surface area contributed by atoms with E-state index < -0.39 is 0 Å². The molecule has 9 heteroatoms. The van der Waals surface area contributed by atoms with Crippen molar-refractivity contribution in [2.45, 2.75) is 19.9 Å². The Balaban J connectivity index is 0.00000225. The minimum atomic E-state index is 0. The van der Waals surface area contributed by atoms with Crippen molar-refractivity contribution in [3.8, 4) is 10.8 Å². The summed E-state index contributed by atoms with van der Waals surface area (Å²) in [6.07, 6.45) is 4.46. The molecule has 2 N–H and O–H groups in total. The number of nitrogens with zero attached hydrogens (tertiary/aromatic N) is 3. The highest BCUT2D eigenvalue weighted by Crippen LogP contribution is 2.23. The standard InChI is InChI=1S/C16H19N5OS2.HI/c1-11-8-19-14(24-11)5-6-18-16(17-2)20-9-12-10-22-15(21-12)13-4-3-7-23-13;/h3-4,7-8,10H,5-6,9H2,1-2H3,(H2,17,18,20);1H. The van der Waals surface area contributed by atoms with Crippen molar-refractivity contribution >= 4 is 52.6 Å². The molecule has 0 radical (unpaired) electrons. The van der Waals surface area contributed by atoms with E-state index in [1.807, 2.05) is 23.7 Å². The molecule has 3 aromatic heterocycles. The lowest BCUT2D eigenvalue weighted by atomic mass is 10.4. The van der Waals surface area contributed by atoms with Gasteiger partial charge in [-0.3, -0.25) is 4.99 Å². The van der Waals surface area contributed by atoms with Crippen LogP contribution >= 0.6 is 46.7 Å². The van der Waals surface area contributed by atoms with Gasteiger partial charge in [0.15, 0.2) is 5.96 Å². The number of aliphatic imine (C=N–C) groups is 1. The third-order valence-electron chi connectivity index (χ3n) is 3.24. The van der Waals surface area contributed by atoms with Crippen LogP contribution in [-0.2, 0) is 13.0 Å². The SMILES string of the molecule is CN=C(NCCc1ncc(C)s1)NCc1coc(-c2cccs2)n1.I. The number of thiophene rings is 1. The minimum absolute atomic E-state index is 0. The fourth-order valence-corrected chi connectivity index (χ4v) is 3.54. The van der Waals surface area contributed by atoms with Gasteiger partial charge in [0.2, 0.25) is 5.89 Å². The maximum absolute atomic E-state index is 5.51. The minimum Gasteiger partial charge on any atom is -0.443 e. The van der Waals surface area contributed by atoms with Crippen molar-refractivity contribution in [1.29, 1.82) is 0 Å². The maximum atomic E-state index is 5.51. The summed E-state index contributed by atoms with van der Waals surface area (Å²) in [6, 6.07) is 3.98. The van der Waals surface area contributed by atoms with Crippen LogP contribution in [-0.4, -0.2) is 29.5 Å². The Kier molecular flexibility index (Phi) is 7.85. The van der Waals surface area contributed by atoms with E-state index >= 15 is 0 Å². The molecule has 0 aliphatic heterocycles. The summed E-state index contributed by atoms with van der Waals surface area (Å²) < 4.78 is 5.51. The Morgan fingerprint density at radius 1 is 1.36 bits per heavy atom. The van der Waals surface area contributed by atoms with Crippen LogP contribution < -0.4 is 10.6 Å². The number of aromatic nitrogens is 2. The summed E-state index contributed by atoms with van der Waals surface area (Å²) in [5, 5.41) is 9.66. The molecule has 0 unspecified atom stereocenters. The van der Waals surface area contributed by atoms with Crippen molar-refractivity contribution in [1.82, 2.24) is 20.6 Å². The molecule has 25 heavy (non-hydrogen) atoms. The van der Waals surface area contributed by atoms with Gasteiger partial charge in [-0.05, 0) is 18.4 Å². The Hall–Kier alpha value is -1.46. The second kappa shape index (κ2) is 9.88. The Morgan fingerprint density at radius 3 is 2.92 bits per heavy atom. The second-order valence-electron chi connectivity index (χ2n) is 5.09. The third kappa shape index (κ3) is 5.79. The highest BCUT2D eigenvalue weighted by Gasteiger charge is 2.08. The molecule has 0 bridgehead atoms. The monoisotopic (exact) mass is 489 g/mol. The fraction of sp³-hybridized carbons (Fsp3) is 0.312. The predicted molar refractivity (Wildman–Crippen MR) is 114 cm³/mol. The zero-order valence-electron chi connectivity index (χ0n) is 14.0. The van der Waals surface area contributed by atoms with Gasteiger partial charge in [-0.15, -0.1) is 46.7 Å². The third-order valence-corrected chi connectivity index (χ3v) is 5.08. The lowest BCUT2D eigenvalue weighted by Crippen LogP contribution is -2.37. The van der Waals surface area contributed by atoms with Gasteiger partial charge in [-0.2, -0.15) is 0 Å². The Morgan fingerprint density at radius 2 is 2.24 bits per heavy atom. The van der Waals surface area contributed by atoms with E-state index in [2.05, 4.69) is 32.5 Å². The topological polar surface area (TPSA) is 75.3 Å². The highest BCUT2D eigenvalue weighted by molar-refractivity contribution is 14.0. The number of guanidine groups is 1. The number of halogens is 1. The average Bonchev–Trinajstić information content (AvgIpc) is 3.32. The van der Waals surface area contributed by atoms with Crippen LogP contribution in [0.15, 0.2) is 39.4 Å². The number of thiazole rings is 1. The van der Waals surface area contributed by atoms with E-state index in [0.29, 0.717) is 12.4 Å². The molecule has 0 amide bonds. The largest absolute Gasteiger partial charge is 0.443 e. The molecular formula is C16H20IN5OS2. The quantitative estimate of drug-likeness (QED) is 0.314. The van der Waals surface area contributed by atoms with E-state index in [9.17, 15) is 0 Å². The van der Waals surface area contributed by atoms with Crippen LogP contribution in [0.2, 0.25) is 0 Å². The molecule has 0 saturated heterocycles. The second-order valence-corrected chi connectivity index (χ2v) is 7.36. The van der Waals surface area contributed by atoms with Crippen LogP contribution in [0.5, 0.6) is 0 Å². The highest BCUT2D eigenvalue weighted by atomic mass is 127. The molecule has 134 valence electrons. The first-order valence-electron chi connectivity index (χ1n) is 7.58. The predicted octanol–water partition coefficient (Wildman–Crippen LogP) is 3.69. The molecule has 0 atom stereocenters.